The van der Waals surface area contributed by atoms with Gasteiger partial charge in [-0.15, -0.1) is 0 Å². The summed E-state index contributed by atoms with van der Waals surface area (Å²) in [4.78, 5) is 19.4. The summed E-state index contributed by atoms with van der Waals surface area (Å²) < 4.78 is 0. The second kappa shape index (κ2) is 9.71. The van der Waals surface area contributed by atoms with Gasteiger partial charge in [0.25, 0.3) is 0 Å². The second-order valence-corrected chi connectivity index (χ2v) is 7.89. The number of rotatable bonds is 8. The van der Waals surface area contributed by atoms with E-state index in [2.05, 4.69) is 52.5 Å². The summed E-state index contributed by atoms with van der Waals surface area (Å²) in [5, 5.41) is 3.42. The third kappa shape index (κ3) is 5.57. The van der Waals surface area contributed by atoms with Crippen LogP contribution in [0.4, 0.5) is 5.69 Å². The van der Waals surface area contributed by atoms with E-state index in [1.165, 1.54) is 11.1 Å². The molecule has 0 atom stereocenters. The number of amides is 1. The first-order valence-corrected chi connectivity index (χ1v) is 10.0. The summed E-state index contributed by atoms with van der Waals surface area (Å²) in [5.41, 5.74) is 4.98. The van der Waals surface area contributed by atoms with Crippen molar-refractivity contribution in [2.24, 2.45) is 0 Å². The molecular formula is C23H32N4O. The monoisotopic (exact) mass is 380 g/mol. The Labute approximate surface area is 168 Å². The highest BCUT2D eigenvalue weighted by Gasteiger charge is 2.18. The minimum Gasteiger partial charge on any atom is -0.376 e. The highest BCUT2D eigenvalue weighted by atomic mass is 16.2. The van der Waals surface area contributed by atoms with E-state index < -0.39 is 0 Å². The van der Waals surface area contributed by atoms with Crippen molar-refractivity contribution in [3.05, 3.63) is 65.2 Å². The number of anilines is 1. The van der Waals surface area contributed by atoms with Crippen LogP contribution >= 0.6 is 0 Å². The number of carbonyl (C=O) groups excluding carboxylic acids is 1. The Kier molecular flexibility index (Phi) is 7.06. The minimum absolute atomic E-state index is 0.135. The van der Waals surface area contributed by atoms with Crippen LogP contribution in [0.25, 0.3) is 0 Å². The van der Waals surface area contributed by atoms with Crippen LogP contribution in [-0.4, -0.2) is 67.9 Å². The number of hydrogen-bond acceptors (Lipinski definition) is 4. The van der Waals surface area contributed by atoms with E-state index in [1.54, 1.807) is 0 Å². The summed E-state index contributed by atoms with van der Waals surface area (Å²) in [7, 11) is 6.23. The molecule has 2 aromatic rings. The Morgan fingerprint density at radius 1 is 1.07 bits per heavy atom. The van der Waals surface area contributed by atoms with Crippen molar-refractivity contribution < 1.29 is 4.79 Å². The van der Waals surface area contributed by atoms with Gasteiger partial charge < -0.3 is 20.0 Å². The molecule has 0 saturated heterocycles. The molecule has 150 valence electrons. The molecule has 1 aliphatic rings. The van der Waals surface area contributed by atoms with Crippen molar-refractivity contribution in [3.63, 3.8) is 0 Å². The molecule has 0 fully saturated rings. The molecule has 0 spiro atoms. The third-order valence-electron chi connectivity index (χ3n) is 5.27. The van der Waals surface area contributed by atoms with E-state index in [0.29, 0.717) is 13.1 Å². The Hall–Kier alpha value is -2.37. The zero-order valence-electron chi connectivity index (χ0n) is 17.3. The topological polar surface area (TPSA) is 38.8 Å². The Bertz CT molecular complexity index is 775. The fraction of sp³-hybridized carbons (Fsp3) is 0.435. The fourth-order valence-electron chi connectivity index (χ4n) is 3.62. The number of nitrogens with one attached hydrogen (secondary N) is 1. The quantitative estimate of drug-likeness (QED) is 0.764. The molecule has 0 aliphatic carbocycles. The van der Waals surface area contributed by atoms with E-state index >= 15 is 0 Å². The molecule has 2 aromatic carbocycles. The number of likely N-dealkylation sites (N-methyl/N-ethyl adjacent to an activating group) is 2. The predicted molar refractivity (Wildman–Crippen MR) is 115 cm³/mol. The van der Waals surface area contributed by atoms with Gasteiger partial charge in [0, 0.05) is 38.4 Å². The molecule has 5 heteroatoms. The van der Waals surface area contributed by atoms with Gasteiger partial charge in [0.1, 0.15) is 0 Å². The molecule has 5 nitrogen and oxygen atoms in total. The molecule has 0 saturated carbocycles. The van der Waals surface area contributed by atoms with Gasteiger partial charge in [-0.3, -0.25) is 4.79 Å². The maximum Gasteiger partial charge on any atom is 0.242 e. The van der Waals surface area contributed by atoms with Crippen molar-refractivity contribution in [1.29, 1.82) is 0 Å². The number of carbonyl (C=O) groups is 1. The van der Waals surface area contributed by atoms with E-state index in [4.69, 9.17) is 0 Å². The summed E-state index contributed by atoms with van der Waals surface area (Å²) in [6.45, 7) is 4.58. The lowest BCUT2D eigenvalue weighted by Gasteiger charge is -2.28. The second-order valence-electron chi connectivity index (χ2n) is 7.89. The van der Waals surface area contributed by atoms with Crippen LogP contribution in [0, 0.1) is 0 Å². The van der Waals surface area contributed by atoms with Crippen LogP contribution in [0.2, 0.25) is 0 Å². The van der Waals surface area contributed by atoms with Gasteiger partial charge in [-0.25, -0.2) is 0 Å². The van der Waals surface area contributed by atoms with Crippen LogP contribution in [-0.2, 0) is 24.3 Å². The third-order valence-corrected chi connectivity index (χ3v) is 5.27. The van der Waals surface area contributed by atoms with Gasteiger partial charge in [0.05, 0.1) is 6.54 Å². The first-order valence-electron chi connectivity index (χ1n) is 10.0. The average molecular weight is 381 g/mol. The maximum absolute atomic E-state index is 13.0. The fourth-order valence-corrected chi connectivity index (χ4v) is 3.62. The maximum atomic E-state index is 13.0. The molecule has 0 unspecified atom stereocenters. The number of fused-ring (bicyclic) bond motifs is 1. The normalized spacial score (nSPS) is 14.0. The molecule has 3 rings (SSSR count). The average Bonchev–Trinajstić information content (AvgIpc) is 2.69. The van der Waals surface area contributed by atoms with Gasteiger partial charge in [0.2, 0.25) is 5.91 Å². The number of benzene rings is 2. The molecule has 1 heterocycles. The molecule has 0 radical (unpaired) electrons. The van der Waals surface area contributed by atoms with E-state index in [0.717, 1.165) is 43.9 Å². The molecule has 28 heavy (non-hydrogen) atoms. The Morgan fingerprint density at radius 2 is 1.86 bits per heavy atom. The molecular weight excluding hydrogens is 348 g/mol. The summed E-state index contributed by atoms with van der Waals surface area (Å²) in [5.74, 6) is 0.135. The van der Waals surface area contributed by atoms with Gasteiger partial charge in [0.15, 0.2) is 0 Å². The number of nitrogens with zero attached hydrogens (tertiary/aromatic N) is 3. The van der Waals surface area contributed by atoms with Gasteiger partial charge in [-0.1, -0.05) is 42.5 Å². The standard InChI is InChI=1S/C23H32N4O/c1-25(2)14-15-27(17-19-8-5-4-6-9-19)23(28)16-24-22-11-7-10-20-18-26(3)13-12-21(20)22/h4-11,24H,12-18H2,1-3H3. The van der Waals surface area contributed by atoms with E-state index in [9.17, 15) is 4.79 Å². The highest BCUT2D eigenvalue weighted by Crippen LogP contribution is 2.25. The van der Waals surface area contributed by atoms with E-state index in [-0.39, 0.29) is 5.91 Å². The van der Waals surface area contributed by atoms with Gasteiger partial charge in [-0.05, 0) is 50.3 Å². The molecule has 0 bridgehead atoms. The van der Waals surface area contributed by atoms with Crippen molar-refractivity contribution in [1.82, 2.24) is 14.7 Å². The zero-order chi connectivity index (χ0) is 19.9. The SMILES string of the molecule is CN(C)CCN(Cc1ccccc1)C(=O)CNc1cccc2c1CCN(C)C2. The van der Waals surface area contributed by atoms with Crippen LogP contribution in [0.3, 0.4) is 0 Å². The lowest BCUT2D eigenvalue weighted by atomic mass is 9.98. The Balaban J connectivity index is 1.65. The summed E-state index contributed by atoms with van der Waals surface area (Å²) in [6.07, 6.45) is 1.03. The molecule has 0 aromatic heterocycles. The van der Waals surface area contributed by atoms with Crippen molar-refractivity contribution in [2.45, 2.75) is 19.5 Å². The zero-order valence-corrected chi connectivity index (χ0v) is 17.3. The summed E-state index contributed by atoms with van der Waals surface area (Å²) >= 11 is 0. The predicted octanol–water partition coefficient (Wildman–Crippen LogP) is 2.68. The van der Waals surface area contributed by atoms with Crippen LogP contribution < -0.4 is 5.32 Å². The number of hydrogen-bond donors (Lipinski definition) is 1. The van der Waals surface area contributed by atoms with Crippen molar-refractivity contribution in [2.75, 3.05) is 52.6 Å². The van der Waals surface area contributed by atoms with Crippen LogP contribution in [0.1, 0.15) is 16.7 Å². The van der Waals surface area contributed by atoms with Crippen molar-refractivity contribution in [3.8, 4) is 0 Å². The Morgan fingerprint density at radius 3 is 2.61 bits per heavy atom. The van der Waals surface area contributed by atoms with Gasteiger partial charge >= 0.3 is 0 Å². The first-order chi connectivity index (χ1) is 13.5. The van der Waals surface area contributed by atoms with Crippen LogP contribution in [0.5, 0.6) is 0 Å². The largest absolute Gasteiger partial charge is 0.376 e. The molecule has 1 aliphatic heterocycles. The first kappa shape index (κ1) is 20.4. The van der Waals surface area contributed by atoms with Crippen LogP contribution in [0.15, 0.2) is 48.5 Å². The molecule has 1 N–H and O–H groups in total. The van der Waals surface area contributed by atoms with E-state index in [1.807, 2.05) is 37.2 Å². The molecule has 1 amide bonds. The van der Waals surface area contributed by atoms with Gasteiger partial charge in [-0.2, -0.15) is 0 Å². The lowest BCUT2D eigenvalue weighted by molar-refractivity contribution is -0.130. The summed E-state index contributed by atoms with van der Waals surface area (Å²) in [6, 6.07) is 16.6. The highest BCUT2D eigenvalue weighted by molar-refractivity contribution is 5.81. The minimum atomic E-state index is 0.135. The van der Waals surface area contributed by atoms with Crippen molar-refractivity contribution >= 4 is 11.6 Å². The smallest absolute Gasteiger partial charge is 0.242 e. The lowest BCUT2D eigenvalue weighted by Crippen LogP contribution is -2.39.